The third-order valence-corrected chi connectivity index (χ3v) is 4.67. The van der Waals surface area contributed by atoms with Crippen molar-refractivity contribution in [3.63, 3.8) is 0 Å². The van der Waals surface area contributed by atoms with Crippen LogP contribution in [-0.4, -0.2) is 28.3 Å². The summed E-state index contributed by atoms with van der Waals surface area (Å²) in [7, 11) is 0. The zero-order valence-electron chi connectivity index (χ0n) is 13.5. The Hall–Kier alpha value is -2.40. The first kappa shape index (κ1) is 17.9. The van der Waals surface area contributed by atoms with E-state index in [4.69, 9.17) is 11.6 Å². The number of nitro benzene ring substituents is 1. The van der Waals surface area contributed by atoms with Gasteiger partial charge in [-0.25, -0.2) is 0 Å². The molecule has 1 atom stereocenters. The van der Waals surface area contributed by atoms with Gasteiger partial charge in [0.25, 0.3) is 5.69 Å². The van der Waals surface area contributed by atoms with Crippen LogP contribution in [-0.2, 0) is 11.2 Å². The summed E-state index contributed by atoms with van der Waals surface area (Å²) in [5.41, 5.74) is 2.15. The summed E-state index contributed by atoms with van der Waals surface area (Å²) in [6.45, 7) is 10.1. The maximum absolute atomic E-state index is 12.7. The first-order chi connectivity index (χ1) is 11.4. The molecule has 0 saturated heterocycles. The van der Waals surface area contributed by atoms with Crippen molar-refractivity contribution in [1.29, 1.82) is 0 Å². The number of benzene rings is 1. The number of amides is 1. The number of hydrogen-bond donors (Lipinski definition) is 0. The molecule has 1 aliphatic rings. The predicted molar refractivity (Wildman–Crippen MR) is 95.0 cm³/mol. The second kappa shape index (κ2) is 7.45. The van der Waals surface area contributed by atoms with Crippen LogP contribution in [0.15, 0.2) is 54.7 Å². The van der Waals surface area contributed by atoms with Gasteiger partial charge in [0.05, 0.1) is 28.0 Å². The van der Waals surface area contributed by atoms with E-state index in [-0.39, 0.29) is 34.6 Å². The van der Waals surface area contributed by atoms with Gasteiger partial charge >= 0.3 is 0 Å². The molecule has 1 unspecified atom stereocenters. The van der Waals surface area contributed by atoms with Crippen LogP contribution >= 0.6 is 11.6 Å². The molecule has 1 aromatic rings. The minimum atomic E-state index is -0.515. The summed E-state index contributed by atoms with van der Waals surface area (Å²) >= 11 is 6.08. The maximum Gasteiger partial charge on any atom is 0.274 e. The molecule has 0 spiro atoms. The second-order valence-corrected chi connectivity index (χ2v) is 5.98. The summed E-state index contributed by atoms with van der Waals surface area (Å²) in [6, 6.07) is 4.27. The van der Waals surface area contributed by atoms with Gasteiger partial charge in [-0.15, -0.1) is 0 Å². The highest BCUT2D eigenvalue weighted by Crippen LogP contribution is 2.30. The Morgan fingerprint density at radius 3 is 2.75 bits per heavy atom. The van der Waals surface area contributed by atoms with E-state index in [1.54, 1.807) is 23.1 Å². The highest BCUT2D eigenvalue weighted by Gasteiger charge is 2.29. The fourth-order valence-electron chi connectivity index (χ4n) is 3.02. The van der Waals surface area contributed by atoms with Crippen LogP contribution in [0.3, 0.4) is 0 Å². The van der Waals surface area contributed by atoms with Gasteiger partial charge in [0, 0.05) is 12.6 Å². The number of halogens is 1. The summed E-state index contributed by atoms with van der Waals surface area (Å²) < 4.78 is 0. The fourth-order valence-corrected chi connectivity index (χ4v) is 3.26. The van der Waals surface area contributed by atoms with E-state index in [0.717, 1.165) is 11.1 Å². The molecule has 0 fully saturated rings. The van der Waals surface area contributed by atoms with Crippen LogP contribution in [0, 0.1) is 10.1 Å². The summed E-state index contributed by atoms with van der Waals surface area (Å²) in [5, 5.41) is 11.4. The molecule has 0 radical (unpaired) electrons. The zero-order valence-corrected chi connectivity index (χ0v) is 14.3. The van der Waals surface area contributed by atoms with Gasteiger partial charge in [0.15, 0.2) is 0 Å². The van der Waals surface area contributed by atoms with E-state index in [9.17, 15) is 14.9 Å². The monoisotopic (exact) mass is 346 g/mol. The van der Waals surface area contributed by atoms with Crippen molar-refractivity contribution in [2.24, 2.45) is 0 Å². The zero-order chi connectivity index (χ0) is 17.9. The Kier molecular flexibility index (Phi) is 5.57. The largest absolute Gasteiger partial charge is 0.335 e. The highest BCUT2D eigenvalue weighted by atomic mass is 35.5. The average molecular weight is 347 g/mol. The van der Waals surface area contributed by atoms with Crippen LogP contribution in [0.2, 0.25) is 5.02 Å². The molecule has 1 amide bonds. The number of nitro groups is 1. The highest BCUT2D eigenvalue weighted by molar-refractivity contribution is 6.31. The smallest absolute Gasteiger partial charge is 0.274 e. The Labute approximate surface area is 146 Å². The number of carbonyl (C=O) groups is 1. The molecule has 0 N–H and O–H groups in total. The van der Waals surface area contributed by atoms with E-state index in [2.05, 4.69) is 13.2 Å². The van der Waals surface area contributed by atoms with Gasteiger partial charge in [-0.1, -0.05) is 43.0 Å². The quantitative estimate of drug-likeness (QED) is 0.596. The Balaban J connectivity index is 2.29. The normalized spacial score (nSPS) is 17.6. The van der Waals surface area contributed by atoms with Crippen molar-refractivity contribution in [3.8, 4) is 0 Å². The summed E-state index contributed by atoms with van der Waals surface area (Å²) in [4.78, 5) is 25.1. The molecule has 1 aliphatic heterocycles. The number of hydrogen-bond acceptors (Lipinski definition) is 3. The maximum atomic E-state index is 12.7. The standard InChI is InChI=1S/C18H19ClN2O3/c1-4-13-9-10-20(12(3)14(13)5-2)18(22)11-15-16(19)7-6-8-17(15)21(23)24/h4-8,12H,1-2,9-11H2,3H3. The molecule has 0 bridgehead atoms. The lowest BCUT2D eigenvalue weighted by Gasteiger charge is -2.35. The van der Waals surface area contributed by atoms with Gasteiger partial charge in [-0.2, -0.15) is 0 Å². The van der Waals surface area contributed by atoms with E-state index in [1.807, 2.05) is 6.92 Å². The molecule has 6 heteroatoms. The minimum absolute atomic E-state index is 0.103. The van der Waals surface area contributed by atoms with Gasteiger partial charge in [-0.3, -0.25) is 14.9 Å². The van der Waals surface area contributed by atoms with Gasteiger partial charge < -0.3 is 4.90 Å². The lowest BCUT2D eigenvalue weighted by molar-refractivity contribution is -0.385. The third-order valence-electron chi connectivity index (χ3n) is 4.32. The summed E-state index contributed by atoms with van der Waals surface area (Å²) in [6.07, 6.45) is 4.10. The van der Waals surface area contributed by atoms with Crippen molar-refractivity contribution in [1.82, 2.24) is 4.90 Å². The van der Waals surface area contributed by atoms with Crippen molar-refractivity contribution in [3.05, 3.63) is 75.4 Å². The molecule has 0 saturated carbocycles. The van der Waals surface area contributed by atoms with Crippen molar-refractivity contribution in [2.45, 2.75) is 25.8 Å². The second-order valence-electron chi connectivity index (χ2n) is 5.57. The lowest BCUT2D eigenvalue weighted by atomic mass is 9.93. The summed E-state index contributed by atoms with van der Waals surface area (Å²) in [5.74, 6) is -0.193. The topological polar surface area (TPSA) is 63.5 Å². The molecular formula is C18H19ClN2O3. The molecule has 5 nitrogen and oxygen atoms in total. The molecule has 1 aromatic carbocycles. The predicted octanol–water partition coefficient (Wildman–Crippen LogP) is 4.08. The number of nitrogens with zero attached hydrogens (tertiary/aromatic N) is 2. The Bertz CT molecular complexity index is 740. The minimum Gasteiger partial charge on any atom is -0.335 e. The van der Waals surface area contributed by atoms with E-state index in [0.29, 0.717) is 13.0 Å². The molecule has 126 valence electrons. The van der Waals surface area contributed by atoms with Crippen molar-refractivity contribution < 1.29 is 9.72 Å². The van der Waals surface area contributed by atoms with Crippen molar-refractivity contribution >= 4 is 23.2 Å². The molecule has 0 aliphatic carbocycles. The van der Waals surface area contributed by atoms with Crippen LogP contribution < -0.4 is 0 Å². The van der Waals surface area contributed by atoms with E-state index < -0.39 is 4.92 Å². The lowest BCUT2D eigenvalue weighted by Crippen LogP contribution is -2.44. The third kappa shape index (κ3) is 3.41. The van der Waals surface area contributed by atoms with Crippen LogP contribution in [0.5, 0.6) is 0 Å². The molecule has 2 rings (SSSR count). The van der Waals surface area contributed by atoms with Crippen LogP contribution in [0.4, 0.5) is 5.69 Å². The van der Waals surface area contributed by atoms with Crippen LogP contribution in [0.1, 0.15) is 18.9 Å². The molecule has 24 heavy (non-hydrogen) atoms. The van der Waals surface area contributed by atoms with Crippen LogP contribution in [0.25, 0.3) is 0 Å². The fraction of sp³-hybridized carbons (Fsp3) is 0.278. The Morgan fingerprint density at radius 2 is 2.17 bits per heavy atom. The molecule has 1 heterocycles. The van der Waals surface area contributed by atoms with Gasteiger partial charge in [0.2, 0.25) is 5.91 Å². The average Bonchev–Trinajstić information content (AvgIpc) is 2.55. The molecular weight excluding hydrogens is 328 g/mol. The number of allylic oxidation sites excluding steroid dienone is 1. The number of rotatable bonds is 5. The SMILES string of the molecule is C=CC1=C(C=C)C(C)N(C(=O)Cc2c(Cl)cccc2[N+](=O)[O-])CC1. The molecule has 0 aromatic heterocycles. The van der Waals surface area contributed by atoms with Gasteiger partial charge in [-0.05, 0) is 30.6 Å². The van der Waals surface area contributed by atoms with E-state index >= 15 is 0 Å². The Morgan fingerprint density at radius 1 is 1.46 bits per heavy atom. The van der Waals surface area contributed by atoms with Gasteiger partial charge in [0.1, 0.15) is 0 Å². The number of carbonyl (C=O) groups excluding carboxylic acids is 1. The van der Waals surface area contributed by atoms with Crippen molar-refractivity contribution in [2.75, 3.05) is 6.54 Å². The first-order valence-electron chi connectivity index (χ1n) is 7.59. The first-order valence-corrected chi connectivity index (χ1v) is 7.97. The van der Waals surface area contributed by atoms with E-state index in [1.165, 1.54) is 12.1 Å².